The quantitative estimate of drug-likeness (QED) is 0.196. The van der Waals surface area contributed by atoms with E-state index in [-0.39, 0.29) is 5.75 Å². The summed E-state index contributed by atoms with van der Waals surface area (Å²) in [6.45, 7) is 0. The van der Waals surface area contributed by atoms with Gasteiger partial charge in [0.15, 0.2) is 0 Å². The Bertz CT molecular complexity index is 1760. The number of phenols is 1. The van der Waals surface area contributed by atoms with Crippen molar-refractivity contribution in [3.8, 4) is 22.6 Å². The summed E-state index contributed by atoms with van der Waals surface area (Å²) in [4.78, 5) is 0. The first-order chi connectivity index (χ1) is 17.7. The van der Waals surface area contributed by atoms with Gasteiger partial charge in [0, 0.05) is 12.9 Å². The Morgan fingerprint density at radius 2 is 1.03 bits per heavy atom. The van der Waals surface area contributed by atoms with Gasteiger partial charge in [-0.05, 0) is 91.3 Å². The smallest absolute Gasteiger partial charge is 0.137 e. The molecule has 0 aliphatic heterocycles. The van der Waals surface area contributed by atoms with Crippen LogP contribution in [0.4, 0.5) is 0 Å². The van der Waals surface area contributed by atoms with Crippen molar-refractivity contribution in [2.45, 2.75) is 5.41 Å². The molecule has 0 atom stereocenters. The molecule has 0 spiro atoms. The number of thiol groups is 1. The van der Waals surface area contributed by atoms with Crippen molar-refractivity contribution in [2.75, 3.05) is 0 Å². The molecule has 0 saturated heterocycles. The second-order valence-electron chi connectivity index (χ2n) is 9.40. The van der Waals surface area contributed by atoms with Crippen molar-refractivity contribution in [3.63, 3.8) is 0 Å². The second-order valence-corrected chi connectivity index (χ2v) is 9.58. The van der Waals surface area contributed by atoms with Crippen LogP contribution in [0.25, 0.3) is 32.7 Å². The maximum atomic E-state index is 10.0. The molecule has 0 unspecified atom stereocenters. The molecule has 172 valence electrons. The maximum absolute atomic E-state index is 10.0. The molecule has 0 saturated carbocycles. The van der Waals surface area contributed by atoms with E-state index in [1.54, 1.807) is 6.07 Å². The van der Waals surface area contributed by atoms with Crippen LogP contribution in [0, 0.1) is 0 Å². The van der Waals surface area contributed by atoms with E-state index in [2.05, 4.69) is 104 Å². The molecule has 36 heavy (non-hydrogen) atoms. The lowest BCUT2D eigenvalue weighted by Gasteiger charge is -2.34. The zero-order valence-corrected chi connectivity index (χ0v) is 20.2. The van der Waals surface area contributed by atoms with Crippen LogP contribution in [0.15, 0.2) is 121 Å². The Labute approximate surface area is 215 Å². The molecule has 0 radical (unpaired) electrons. The third kappa shape index (κ3) is 2.93. The van der Waals surface area contributed by atoms with Gasteiger partial charge in [-0.15, -0.1) is 0 Å². The van der Waals surface area contributed by atoms with Crippen LogP contribution in [0.1, 0.15) is 22.3 Å². The number of benzene rings is 6. The lowest BCUT2D eigenvalue weighted by atomic mass is 9.67. The molecule has 0 heterocycles. The molecule has 0 fully saturated rings. The average Bonchev–Trinajstić information content (AvgIpc) is 3.23. The summed E-state index contributed by atoms with van der Waals surface area (Å²) in [6.07, 6.45) is 0. The van der Waals surface area contributed by atoms with E-state index < -0.39 is 5.41 Å². The predicted octanol–water partition coefficient (Wildman–Crippen LogP) is 8.29. The normalized spacial score (nSPS) is 13.5. The Morgan fingerprint density at radius 3 is 1.64 bits per heavy atom. The zero-order valence-electron chi connectivity index (χ0n) is 19.3. The summed E-state index contributed by atoms with van der Waals surface area (Å²) in [5, 5.41) is 14.4. The van der Waals surface area contributed by atoms with Gasteiger partial charge in [0.25, 0.3) is 0 Å². The first-order valence-electron chi connectivity index (χ1n) is 12.0. The van der Waals surface area contributed by atoms with Crippen molar-refractivity contribution in [1.29, 1.82) is 0 Å². The third-order valence-corrected chi connectivity index (χ3v) is 7.77. The van der Waals surface area contributed by atoms with Crippen LogP contribution in [0.5, 0.6) is 11.5 Å². The minimum Gasteiger partial charge on any atom is -0.508 e. The van der Waals surface area contributed by atoms with Gasteiger partial charge < -0.3 is 9.29 Å². The Balaban J connectivity index is 1.60. The van der Waals surface area contributed by atoms with E-state index in [1.807, 2.05) is 24.3 Å². The fourth-order valence-electron chi connectivity index (χ4n) is 6.00. The van der Waals surface area contributed by atoms with Crippen molar-refractivity contribution < 1.29 is 9.29 Å². The topological polar surface area (TPSA) is 29.5 Å². The highest BCUT2D eigenvalue weighted by Gasteiger charge is 2.46. The summed E-state index contributed by atoms with van der Waals surface area (Å²) >= 11 is 3.97. The number of aromatic hydroxyl groups is 1. The molecule has 1 aliphatic rings. The van der Waals surface area contributed by atoms with Gasteiger partial charge >= 0.3 is 0 Å². The molecule has 0 amide bonds. The average molecular weight is 483 g/mol. The summed E-state index contributed by atoms with van der Waals surface area (Å²) in [7, 11) is 0. The lowest BCUT2D eigenvalue weighted by molar-refractivity contribution is 0.476. The van der Waals surface area contributed by atoms with Gasteiger partial charge in [0.2, 0.25) is 0 Å². The predicted molar refractivity (Wildman–Crippen MR) is 150 cm³/mol. The first-order valence-corrected chi connectivity index (χ1v) is 12.3. The maximum Gasteiger partial charge on any atom is 0.137 e. The van der Waals surface area contributed by atoms with Crippen LogP contribution >= 0.6 is 12.9 Å². The molecular weight excluding hydrogens is 460 g/mol. The van der Waals surface area contributed by atoms with Crippen LogP contribution in [0.2, 0.25) is 0 Å². The molecule has 0 aromatic heterocycles. The second kappa shape index (κ2) is 7.91. The molecule has 7 rings (SSSR count). The van der Waals surface area contributed by atoms with Crippen molar-refractivity contribution >= 4 is 34.5 Å². The van der Waals surface area contributed by atoms with Gasteiger partial charge in [0.05, 0.1) is 5.41 Å². The highest BCUT2D eigenvalue weighted by molar-refractivity contribution is 7.75. The van der Waals surface area contributed by atoms with Crippen molar-refractivity contribution in [3.05, 3.63) is 144 Å². The number of hydrogen-bond acceptors (Lipinski definition) is 3. The van der Waals surface area contributed by atoms with Gasteiger partial charge in [-0.2, -0.15) is 0 Å². The van der Waals surface area contributed by atoms with Crippen LogP contribution < -0.4 is 4.18 Å². The fraction of sp³-hybridized carbons (Fsp3) is 0.0303. The lowest BCUT2D eigenvalue weighted by Crippen LogP contribution is -2.28. The standard InChI is InChI=1S/C33H22O2S/c34-27-15-11-21-17-25(13-9-23(21)19-27)33(26-14-10-24-20-28(35-36)16-12-22(24)18-26)31-7-3-1-5-29(31)30-6-2-4-8-32(30)33/h1-20,34,36H. The SMILES string of the molecule is Oc1ccc2cc(C3(c4ccc5cc(OS)ccc5c4)c4ccccc4-c4ccccc43)ccc2c1. The molecule has 0 bridgehead atoms. The van der Waals surface area contributed by atoms with Crippen LogP contribution in [-0.2, 0) is 5.41 Å². The van der Waals surface area contributed by atoms with Crippen molar-refractivity contribution in [2.24, 2.45) is 0 Å². The molecular formula is C33H22O2S. The Kier molecular flexibility index (Phi) is 4.63. The molecule has 2 nitrogen and oxygen atoms in total. The van der Waals surface area contributed by atoms with E-state index >= 15 is 0 Å². The summed E-state index contributed by atoms with van der Waals surface area (Å²) in [5.41, 5.74) is 7.01. The molecule has 1 aliphatic carbocycles. The minimum absolute atomic E-state index is 0.278. The Morgan fingerprint density at radius 1 is 0.528 bits per heavy atom. The minimum atomic E-state index is -0.480. The number of phenolic OH excluding ortho intramolecular Hbond substituents is 1. The number of hydrogen-bond donors (Lipinski definition) is 2. The Hall–Kier alpha value is -4.21. The monoisotopic (exact) mass is 482 g/mol. The number of rotatable bonds is 3. The van der Waals surface area contributed by atoms with Gasteiger partial charge in [-0.3, -0.25) is 0 Å². The van der Waals surface area contributed by atoms with E-state index in [0.29, 0.717) is 0 Å². The number of fused-ring (bicyclic) bond motifs is 5. The summed E-state index contributed by atoms with van der Waals surface area (Å²) in [6, 6.07) is 42.4. The van der Waals surface area contributed by atoms with Crippen LogP contribution in [-0.4, -0.2) is 5.11 Å². The van der Waals surface area contributed by atoms with Gasteiger partial charge in [-0.1, -0.05) is 84.9 Å². The van der Waals surface area contributed by atoms with E-state index in [0.717, 1.165) is 27.3 Å². The van der Waals surface area contributed by atoms with Crippen molar-refractivity contribution in [1.82, 2.24) is 0 Å². The molecule has 6 aromatic carbocycles. The third-order valence-electron chi connectivity index (χ3n) is 7.56. The van der Waals surface area contributed by atoms with Crippen LogP contribution in [0.3, 0.4) is 0 Å². The summed E-state index contributed by atoms with van der Waals surface area (Å²) in [5.74, 6) is 1.00. The molecule has 3 heteroatoms. The molecule has 6 aromatic rings. The fourth-order valence-corrected chi connectivity index (χ4v) is 6.12. The van der Waals surface area contributed by atoms with Gasteiger partial charge in [0.1, 0.15) is 11.5 Å². The zero-order chi connectivity index (χ0) is 24.3. The highest BCUT2D eigenvalue weighted by atomic mass is 32.1. The first kappa shape index (κ1) is 21.1. The summed E-state index contributed by atoms with van der Waals surface area (Å²) < 4.78 is 5.16. The van der Waals surface area contributed by atoms with E-state index in [9.17, 15) is 5.11 Å². The van der Waals surface area contributed by atoms with Gasteiger partial charge in [-0.25, -0.2) is 0 Å². The largest absolute Gasteiger partial charge is 0.508 e. The molecule has 1 N–H and O–H groups in total. The van der Waals surface area contributed by atoms with E-state index in [1.165, 1.54) is 33.4 Å². The highest BCUT2D eigenvalue weighted by Crippen LogP contribution is 2.56. The van der Waals surface area contributed by atoms with E-state index in [4.69, 9.17) is 4.18 Å².